The molecule has 1 saturated heterocycles. The molecule has 0 spiro atoms. The normalized spacial score (nSPS) is 16.1. The Bertz CT molecular complexity index is 1650. The Kier molecular flexibility index (Phi) is 7.11. The van der Waals surface area contributed by atoms with Crippen molar-refractivity contribution in [2.75, 3.05) is 41.8 Å². The molecule has 0 atom stereocenters. The summed E-state index contributed by atoms with van der Waals surface area (Å²) >= 11 is 0. The van der Waals surface area contributed by atoms with Gasteiger partial charge in [-0.15, -0.1) is 0 Å². The number of nitrogens with zero attached hydrogens (tertiary/aromatic N) is 4. The van der Waals surface area contributed by atoms with Crippen LogP contribution in [0.4, 0.5) is 28.8 Å². The zero-order chi connectivity index (χ0) is 27.7. The van der Waals surface area contributed by atoms with Gasteiger partial charge in [-0.25, -0.2) is 13.4 Å². The fourth-order valence-electron chi connectivity index (χ4n) is 5.14. The third-order valence-electron chi connectivity index (χ3n) is 7.30. The smallest absolute Gasteiger partial charge is 0.229 e. The molecule has 2 aromatic heterocycles. The van der Waals surface area contributed by atoms with Gasteiger partial charge in [0.05, 0.1) is 35.9 Å². The van der Waals surface area contributed by atoms with Crippen molar-refractivity contribution in [1.29, 1.82) is 0 Å². The Hall–Kier alpha value is -4.03. The molecule has 11 nitrogen and oxygen atoms in total. The molecule has 3 heterocycles. The highest BCUT2D eigenvalue weighted by Gasteiger charge is 2.28. The highest BCUT2D eigenvalue weighted by Crippen LogP contribution is 2.44. The first-order valence-corrected chi connectivity index (χ1v) is 15.3. The van der Waals surface area contributed by atoms with Gasteiger partial charge < -0.3 is 20.7 Å². The highest BCUT2D eigenvalue weighted by atomic mass is 32.2. The van der Waals surface area contributed by atoms with Gasteiger partial charge in [0.2, 0.25) is 16.0 Å². The van der Waals surface area contributed by atoms with E-state index in [0.29, 0.717) is 46.0 Å². The molecule has 1 aliphatic carbocycles. The van der Waals surface area contributed by atoms with Crippen LogP contribution in [0, 0.1) is 0 Å². The fourth-order valence-corrected chi connectivity index (χ4v) is 5.72. The summed E-state index contributed by atoms with van der Waals surface area (Å²) in [5, 5.41) is 10.1. The maximum absolute atomic E-state index is 12.2. The van der Waals surface area contributed by atoms with Crippen molar-refractivity contribution in [2.45, 2.75) is 37.5 Å². The molecule has 2 aliphatic rings. The number of fused-ring (bicyclic) bond motifs is 1. The Labute approximate surface area is 233 Å². The average Bonchev–Trinajstić information content (AvgIpc) is 3.80. The zero-order valence-corrected chi connectivity index (χ0v) is 23.3. The van der Waals surface area contributed by atoms with E-state index in [9.17, 15) is 8.42 Å². The molecule has 0 radical (unpaired) electrons. The summed E-state index contributed by atoms with van der Waals surface area (Å²) in [4.78, 5) is 18.1. The van der Waals surface area contributed by atoms with E-state index in [1.165, 1.54) is 11.8 Å². The molecule has 40 heavy (non-hydrogen) atoms. The second-order valence-electron chi connectivity index (χ2n) is 10.3. The lowest BCUT2D eigenvalue weighted by atomic mass is 9.90. The van der Waals surface area contributed by atoms with Crippen molar-refractivity contribution in [1.82, 2.24) is 25.3 Å². The van der Waals surface area contributed by atoms with E-state index in [4.69, 9.17) is 9.72 Å². The van der Waals surface area contributed by atoms with Gasteiger partial charge in [-0.2, -0.15) is 4.98 Å². The first kappa shape index (κ1) is 26.2. The van der Waals surface area contributed by atoms with Gasteiger partial charge in [-0.3, -0.25) is 14.7 Å². The Morgan fingerprint density at radius 2 is 1.70 bits per heavy atom. The first-order valence-electron chi connectivity index (χ1n) is 13.4. The van der Waals surface area contributed by atoms with Crippen molar-refractivity contribution in [2.24, 2.45) is 0 Å². The lowest BCUT2D eigenvalue weighted by Gasteiger charge is -2.24. The predicted molar refractivity (Wildman–Crippen MR) is 156 cm³/mol. The third-order valence-corrected chi connectivity index (χ3v) is 7.87. The van der Waals surface area contributed by atoms with Crippen LogP contribution in [-0.2, 0) is 10.0 Å². The first-order chi connectivity index (χ1) is 19.4. The fraction of sp³-hybridized carbons (Fsp3) is 0.357. The minimum atomic E-state index is -3.59. The molecule has 12 heteroatoms. The molecule has 208 valence electrons. The van der Waals surface area contributed by atoms with Gasteiger partial charge in [0, 0.05) is 24.2 Å². The molecule has 0 bridgehead atoms. The van der Waals surface area contributed by atoms with Gasteiger partial charge in [-0.1, -0.05) is 6.07 Å². The van der Waals surface area contributed by atoms with Crippen LogP contribution >= 0.6 is 0 Å². The van der Waals surface area contributed by atoms with Crippen LogP contribution < -0.4 is 25.4 Å². The Balaban J connectivity index is 1.33. The minimum Gasteiger partial charge on any atom is -0.495 e. The lowest BCUT2D eigenvalue weighted by Crippen LogP contribution is -2.26. The van der Waals surface area contributed by atoms with E-state index in [2.05, 4.69) is 47.8 Å². The second kappa shape index (κ2) is 10.9. The molecule has 1 aliphatic heterocycles. The lowest BCUT2D eigenvalue weighted by molar-refractivity contribution is 0.413. The van der Waals surface area contributed by atoms with Crippen LogP contribution in [0.15, 0.2) is 48.9 Å². The molecule has 4 N–H and O–H groups in total. The number of ether oxygens (including phenoxy) is 1. The number of hydrogen-bond donors (Lipinski definition) is 4. The van der Waals surface area contributed by atoms with E-state index in [-0.39, 0.29) is 0 Å². The summed E-state index contributed by atoms with van der Waals surface area (Å²) < 4.78 is 32.8. The van der Waals surface area contributed by atoms with Gasteiger partial charge in [0.15, 0.2) is 0 Å². The Morgan fingerprint density at radius 3 is 2.45 bits per heavy atom. The number of rotatable bonds is 9. The maximum atomic E-state index is 12.2. The Morgan fingerprint density at radius 1 is 0.925 bits per heavy atom. The van der Waals surface area contributed by atoms with Crippen LogP contribution in [0.3, 0.4) is 0 Å². The number of aromatic nitrogens is 4. The molecule has 0 unspecified atom stereocenters. The van der Waals surface area contributed by atoms with Crippen molar-refractivity contribution >= 4 is 49.9 Å². The topological polar surface area (TPSA) is 143 Å². The molecule has 2 fully saturated rings. The van der Waals surface area contributed by atoms with Crippen LogP contribution in [0.2, 0.25) is 0 Å². The molecule has 4 aromatic rings. The van der Waals surface area contributed by atoms with E-state index >= 15 is 0 Å². The standard InChI is InChI=1S/C28H32N8O3S/c1-39-24-15-19(17-9-11-29-12-10-17)5-6-21(24)34-28-32-16-20(18-3-4-18)27(35-28)33-23-8-7-22-25(31-14-13-30-22)26(23)36-40(2,37)38/h5-8,13-18,29,36H,3-4,9-12H2,1-2H3,(H2,32,33,34,35). The van der Waals surface area contributed by atoms with Crippen LogP contribution in [0.25, 0.3) is 11.0 Å². The SMILES string of the molecule is COc1cc(C2CCNCC2)ccc1Nc1ncc(C2CC2)c(Nc2ccc3nccnc3c2NS(C)(=O)=O)n1. The highest BCUT2D eigenvalue weighted by molar-refractivity contribution is 7.92. The molecule has 6 rings (SSSR count). The molecular formula is C28H32N8O3S. The molecule has 0 amide bonds. The van der Waals surface area contributed by atoms with Crippen molar-refractivity contribution in [3.63, 3.8) is 0 Å². The van der Waals surface area contributed by atoms with Crippen LogP contribution in [0.1, 0.15) is 48.6 Å². The number of piperidine rings is 1. The molecule has 2 aromatic carbocycles. The number of methoxy groups -OCH3 is 1. The van der Waals surface area contributed by atoms with Gasteiger partial charge >= 0.3 is 0 Å². The van der Waals surface area contributed by atoms with E-state index in [0.717, 1.165) is 62.0 Å². The van der Waals surface area contributed by atoms with Crippen molar-refractivity contribution in [3.05, 3.63) is 60.0 Å². The van der Waals surface area contributed by atoms with Crippen LogP contribution in [0.5, 0.6) is 5.75 Å². The summed E-state index contributed by atoms with van der Waals surface area (Å²) in [5.74, 6) is 2.59. The summed E-state index contributed by atoms with van der Waals surface area (Å²) in [6, 6.07) is 9.81. The number of nitrogens with one attached hydrogen (secondary N) is 4. The largest absolute Gasteiger partial charge is 0.495 e. The van der Waals surface area contributed by atoms with E-state index in [1.807, 2.05) is 12.3 Å². The number of hydrogen-bond acceptors (Lipinski definition) is 10. The summed E-state index contributed by atoms with van der Waals surface area (Å²) in [5.41, 5.74) is 4.87. The molecule has 1 saturated carbocycles. The quantitative estimate of drug-likeness (QED) is 0.229. The minimum absolute atomic E-state index is 0.318. The van der Waals surface area contributed by atoms with Crippen molar-refractivity contribution < 1.29 is 13.2 Å². The molecular weight excluding hydrogens is 528 g/mol. The second-order valence-corrected chi connectivity index (χ2v) is 12.0. The van der Waals surface area contributed by atoms with Gasteiger partial charge in [0.1, 0.15) is 17.1 Å². The van der Waals surface area contributed by atoms with Gasteiger partial charge in [0.25, 0.3) is 0 Å². The van der Waals surface area contributed by atoms with Crippen LogP contribution in [-0.4, -0.2) is 54.8 Å². The number of benzene rings is 2. The van der Waals surface area contributed by atoms with Crippen molar-refractivity contribution in [3.8, 4) is 5.75 Å². The summed E-state index contributed by atoms with van der Waals surface area (Å²) in [6.07, 6.45) is 10.4. The summed E-state index contributed by atoms with van der Waals surface area (Å²) in [7, 11) is -1.92. The number of sulfonamides is 1. The monoisotopic (exact) mass is 560 g/mol. The number of anilines is 5. The third kappa shape index (κ3) is 5.77. The zero-order valence-electron chi connectivity index (χ0n) is 22.4. The van der Waals surface area contributed by atoms with Gasteiger partial charge in [-0.05, 0) is 80.4 Å². The average molecular weight is 561 g/mol. The maximum Gasteiger partial charge on any atom is 0.229 e. The van der Waals surface area contributed by atoms with E-state index < -0.39 is 10.0 Å². The predicted octanol–water partition coefficient (Wildman–Crippen LogP) is 4.63. The van der Waals surface area contributed by atoms with E-state index in [1.54, 1.807) is 25.4 Å². The summed E-state index contributed by atoms with van der Waals surface area (Å²) in [6.45, 7) is 2.05.